The fourth-order valence-corrected chi connectivity index (χ4v) is 5.59. The van der Waals surface area contributed by atoms with Gasteiger partial charge in [0.25, 0.3) is 5.56 Å². The zero-order valence-electron chi connectivity index (χ0n) is 25.4. The van der Waals surface area contributed by atoms with Gasteiger partial charge < -0.3 is 35.8 Å². The van der Waals surface area contributed by atoms with Gasteiger partial charge in [-0.05, 0) is 13.0 Å². The minimum absolute atomic E-state index is 0.00843. The Bertz CT molecular complexity index is 1080. The molecule has 7 N–H and O–H groups in total. The van der Waals surface area contributed by atoms with E-state index in [1.165, 1.54) is 51.4 Å². The summed E-state index contributed by atoms with van der Waals surface area (Å²) in [7, 11) is 0. The second kappa shape index (κ2) is 19.6. The molecule has 1 aliphatic heterocycles. The minimum Gasteiger partial charge on any atom is -0.480 e. The average Bonchev–Trinajstić information content (AvgIpc) is 3.23. The van der Waals surface area contributed by atoms with Crippen molar-refractivity contribution in [2.24, 2.45) is 5.73 Å². The van der Waals surface area contributed by atoms with Crippen LogP contribution in [0, 0.1) is 0 Å². The van der Waals surface area contributed by atoms with E-state index in [0.717, 1.165) is 47.4 Å². The number of carbonyl (C=O) groups is 2. The highest BCUT2D eigenvalue weighted by Gasteiger charge is 2.47. The van der Waals surface area contributed by atoms with Gasteiger partial charge >= 0.3 is 11.7 Å². The lowest BCUT2D eigenvalue weighted by atomic mass is 10.00. The molecule has 4 unspecified atom stereocenters. The van der Waals surface area contributed by atoms with Crippen LogP contribution in [0.5, 0.6) is 0 Å². The number of aromatic amines is 1. The number of carboxylic acid groups (broad SMARTS) is 1. The van der Waals surface area contributed by atoms with Gasteiger partial charge in [0.15, 0.2) is 6.23 Å². The molecular weight excluding hydrogens is 560 g/mol. The van der Waals surface area contributed by atoms with Gasteiger partial charge in [-0.3, -0.25) is 19.1 Å². The Hall–Kier alpha value is -2.58. The quantitative estimate of drug-likeness (QED) is 0.0828. The van der Waals surface area contributed by atoms with Crippen LogP contribution in [0.15, 0.2) is 21.9 Å². The van der Waals surface area contributed by atoms with Crippen molar-refractivity contribution < 1.29 is 34.8 Å². The molecule has 1 aliphatic rings. The molecule has 0 saturated carbocycles. The van der Waals surface area contributed by atoms with E-state index in [1.807, 2.05) is 4.98 Å². The fourth-order valence-electron chi connectivity index (χ4n) is 5.59. The van der Waals surface area contributed by atoms with Crippen LogP contribution in [0.4, 0.5) is 0 Å². The molecule has 0 aliphatic carbocycles. The van der Waals surface area contributed by atoms with Crippen molar-refractivity contribution in [2.75, 3.05) is 6.54 Å². The first-order valence-electron chi connectivity index (χ1n) is 15.9. The zero-order chi connectivity index (χ0) is 31.8. The number of hydrogen-bond acceptors (Lipinski definition) is 9. The molecule has 246 valence electrons. The van der Waals surface area contributed by atoms with Crippen molar-refractivity contribution in [3.05, 3.63) is 33.1 Å². The maximum Gasteiger partial charge on any atom is 0.330 e. The highest BCUT2D eigenvalue weighted by atomic mass is 16.6. The summed E-state index contributed by atoms with van der Waals surface area (Å²) in [5, 5.41) is 41.9. The van der Waals surface area contributed by atoms with Gasteiger partial charge in [0.2, 0.25) is 5.91 Å². The summed E-state index contributed by atoms with van der Waals surface area (Å²) in [5.41, 5.74) is 4.03. The highest BCUT2D eigenvalue weighted by Crippen LogP contribution is 2.32. The minimum atomic E-state index is -1.62. The molecular formula is C30H52N4O9. The maximum atomic E-state index is 13.2. The summed E-state index contributed by atoms with van der Waals surface area (Å²) in [5.74, 6) is -1.98. The SMILES string of the molecule is CCCCCCCCCCCCCCCC(=O)N([C@H](O)CCN)[C@@H](CC1OC(n2ccc(=O)[nH]c2=O)C(O)C1O)C(=O)O. The molecule has 0 radical (unpaired) electrons. The zero-order valence-corrected chi connectivity index (χ0v) is 25.4. The molecule has 1 aromatic heterocycles. The normalized spacial score (nSPS) is 21.5. The van der Waals surface area contributed by atoms with Crippen molar-refractivity contribution in [2.45, 2.75) is 146 Å². The summed E-state index contributed by atoms with van der Waals surface area (Å²) < 4.78 is 6.54. The molecule has 13 nitrogen and oxygen atoms in total. The topological polar surface area (TPSA) is 208 Å². The molecule has 0 bridgehead atoms. The molecule has 2 rings (SSSR count). The average molecular weight is 613 g/mol. The van der Waals surface area contributed by atoms with Gasteiger partial charge in [-0.2, -0.15) is 0 Å². The van der Waals surface area contributed by atoms with E-state index in [2.05, 4.69) is 6.92 Å². The Morgan fingerprint density at radius 2 is 1.53 bits per heavy atom. The number of aliphatic hydroxyl groups excluding tert-OH is 3. The Labute approximate surface area is 253 Å². The lowest BCUT2D eigenvalue weighted by molar-refractivity contribution is -0.164. The van der Waals surface area contributed by atoms with E-state index in [0.29, 0.717) is 6.42 Å². The lowest BCUT2D eigenvalue weighted by Gasteiger charge is -2.34. The number of carboxylic acids is 1. The van der Waals surface area contributed by atoms with Crippen LogP contribution in [0.1, 0.15) is 116 Å². The van der Waals surface area contributed by atoms with Gasteiger partial charge in [-0.1, -0.05) is 84.0 Å². The third-order valence-corrected chi connectivity index (χ3v) is 8.07. The summed E-state index contributed by atoms with van der Waals surface area (Å²) in [6.07, 6.45) is 7.97. The number of unbranched alkanes of at least 4 members (excludes halogenated alkanes) is 12. The number of nitrogens with one attached hydrogen (secondary N) is 1. The summed E-state index contributed by atoms with van der Waals surface area (Å²) >= 11 is 0. The molecule has 1 aromatic rings. The summed E-state index contributed by atoms with van der Waals surface area (Å²) in [4.78, 5) is 52.0. The number of rotatable bonds is 22. The molecule has 0 aromatic carbocycles. The molecule has 43 heavy (non-hydrogen) atoms. The second-order valence-corrected chi connectivity index (χ2v) is 11.5. The number of carbonyl (C=O) groups excluding carboxylic acids is 1. The van der Waals surface area contributed by atoms with E-state index < -0.39 is 66.4 Å². The fraction of sp³-hybridized carbons (Fsp3) is 0.800. The van der Waals surface area contributed by atoms with Crippen LogP contribution in [0.2, 0.25) is 0 Å². The Morgan fingerprint density at radius 3 is 2.05 bits per heavy atom. The van der Waals surface area contributed by atoms with Crippen molar-refractivity contribution in [3.8, 4) is 0 Å². The molecule has 1 fully saturated rings. The third kappa shape index (κ3) is 11.8. The first-order chi connectivity index (χ1) is 20.6. The number of hydrogen-bond donors (Lipinski definition) is 6. The van der Waals surface area contributed by atoms with Crippen molar-refractivity contribution >= 4 is 11.9 Å². The van der Waals surface area contributed by atoms with E-state index in [1.54, 1.807) is 0 Å². The van der Waals surface area contributed by atoms with Crippen LogP contribution in [0.25, 0.3) is 0 Å². The van der Waals surface area contributed by atoms with Gasteiger partial charge in [-0.15, -0.1) is 0 Å². The van der Waals surface area contributed by atoms with Gasteiger partial charge in [0, 0.05) is 31.5 Å². The highest BCUT2D eigenvalue weighted by molar-refractivity contribution is 5.83. The van der Waals surface area contributed by atoms with Gasteiger partial charge in [0.05, 0.1) is 6.10 Å². The molecule has 13 heteroatoms. The molecule has 6 atom stereocenters. The molecule has 2 heterocycles. The number of amides is 1. The van der Waals surface area contributed by atoms with Crippen molar-refractivity contribution in [3.63, 3.8) is 0 Å². The van der Waals surface area contributed by atoms with E-state index in [9.17, 15) is 39.6 Å². The third-order valence-electron chi connectivity index (χ3n) is 8.07. The van der Waals surface area contributed by atoms with Crippen molar-refractivity contribution in [1.29, 1.82) is 0 Å². The van der Waals surface area contributed by atoms with Crippen LogP contribution in [0.3, 0.4) is 0 Å². The number of ether oxygens (including phenoxy) is 1. The van der Waals surface area contributed by atoms with E-state index in [-0.39, 0.29) is 19.4 Å². The number of nitrogens with zero attached hydrogens (tertiary/aromatic N) is 2. The predicted octanol–water partition coefficient (Wildman–Crippen LogP) is 1.98. The molecule has 0 spiro atoms. The predicted molar refractivity (Wildman–Crippen MR) is 160 cm³/mol. The number of aliphatic carboxylic acids is 1. The maximum absolute atomic E-state index is 13.2. The largest absolute Gasteiger partial charge is 0.480 e. The molecule has 1 amide bonds. The van der Waals surface area contributed by atoms with Gasteiger partial charge in [0.1, 0.15) is 24.5 Å². The number of H-pyrrole nitrogens is 1. The second-order valence-electron chi connectivity index (χ2n) is 11.5. The van der Waals surface area contributed by atoms with Crippen LogP contribution < -0.4 is 17.0 Å². The van der Waals surface area contributed by atoms with Gasteiger partial charge in [-0.25, -0.2) is 9.59 Å². The number of nitrogens with two attached hydrogens (primary N) is 1. The van der Waals surface area contributed by atoms with E-state index in [4.69, 9.17) is 10.5 Å². The van der Waals surface area contributed by atoms with Crippen LogP contribution in [-0.2, 0) is 14.3 Å². The Balaban J connectivity index is 1.91. The lowest BCUT2D eigenvalue weighted by Crippen LogP contribution is -2.53. The summed E-state index contributed by atoms with van der Waals surface area (Å²) in [6.45, 7) is 2.23. The number of aliphatic hydroxyl groups is 3. The van der Waals surface area contributed by atoms with Crippen LogP contribution in [-0.4, -0.2) is 83.9 Å². The van der Waals surface area contributed by atoms with Crippen molar-refractivity contribution in [1.82, 2.24) is 14.5 Å². The first kappa shape index (κ1) is 36.6. The standard InChI is InChI=1S/C30H52N4O9/c1-2-3-4-5-6-7-8-9-10-11-12-13-14-15-24(36)34(25(37)16-18-31)21(29(40)41)20-22-26(38)27(39)28(43-22)33-19-17-23(35)32-30(33)42/h17,19,21-22,25-28,37-39H,2-16,18,20,31H2,1H3,(H,40,41)(H,32,35,42)/t21-,22?,25+,26?,27?,28?/m0/s1. The Kier molecular flexibility index (Phi) is 16.7. The monoisotopic (exact) mass is 612 g/mol. The first-order valence-corrected chi connectivity index (χ1v) is 15.9. The smallest absolute Gasteiger partial charge is 0.330 e. The van der Waals surface area contributed by atoms with E-state index >= 15 is 0 Å². The van der Waals surface area contributed by atoms with Crippen LogP contribution >= 0.6 is 0 Å². The summed E-state index contributed by atoms with van der Waals surface area (Å²) in [6, 6.07) is -0.550. The molecule has 1 saturated heterocycles. The Morgan fingerprint density at radius 1 is 0.977 bits per heavy atom. The number of aromatic nitrogens is 2.